The van der Waals surface area contributed by atoms with Gasteiger partial charge in [0.25, 0.3) is 0 Å². The molecule has 0 radical (unpaired) electrons. The molecular weight excluding hydrogens is 248 g/mol. The molecule has 0 aliphatic heterocycles. The summed E-state index contributed by atoms with van der Waals surface area (Å²) in [6.07, 6.45) is 0. The van der Waals surface area contributed by atoms with Gasteiger partial charge >= 0.3 is 0 Å². The van der Waals surface area contributed by atoms with E-state index in [9.17, 15) is 8.78 Å². The molecular formula is C15H15F2NO. The van der Waals surface area contributed by atoms with Crippen LogP contribution in [0.1, 0.15) is 18.5 Å². The highest BCUT2D eigenvalue weighted by Gasteiger charge is 2.13. The van der Waals surface area contributed by atoms with E-state index in [2.05, 4.69) is 5.32 Å². The van der Waals surface area contributed by atoms with Gasteiger partial charge in [0.15, 0.2) is 0 Å². The zero-order valence-electron chi connectivity index (χ0n) is 10.8. The van der Waals surface area contributed by atoms with Gasteiger partial charge in [-0.15, -0.1) is 0 Å². The van der Waals surface area contributed by atoms with Crippen LogP contribution in [0.2, 0.25) is 0 Å². The lowest BCUT2D eigenvalue weighted by atomic mass is 10.1. The summed E-state index contributed by atoms with van der Waals surface area (Å²) in [5, 5.41) is 3.15. The summed E-state index contributed by atoms with van der Waals surface area (Å²) in [6.45, 7) is 1.81. The van der Waals surface area contributed by atoms with Gasteiger partial charge in [0, 0.05) is 11.6 Å². The minimum Gasteiger partial charge on any atom is -0.495 e. The van der Waals surface area contributed by atoms with E-state index in [1.54, 1.807) is 7.11 Å². The summed E-state index contributed by atoms with van der Waals surface area (Å²) in [4.78, 5) is 0. The Balaban J connectivity index is 2.23. The maximum absolute atomic E-state index is 13.7. The van der Waals surface area contributed by atoms with E-state index in [1.807, 2.05) is 31.2 Å². The van der Waals surface area contributed by atoms with Crippen LogP contribution in [0.3, 0.4) is 0 Å². The highest BCUT2D eigenvalue weighted by Crippen LogP contribution is 2.28. The standard InChI is InChI=1S/C15H15F2NO/c1-10(12-8-7-11(16)9-13(12)17)18-14-5-3-4-6-15(14)19-2/h3-10,18H,1-2H3/t10-/m0/s1. The smallest absolute Gasteiger partial charge is 0.141 e. The Morgan fingerprint density at radius 2 is 1.84 bits per heavy atom. The highest BCUT2D eigenvalue weighted by atomic mass is 19.1. The maximum atomic E-state index is 13.7. The van der Waals surface area contributed by atoms with Gasteiger partial charge in [0.05, 0.1) is 18.8 Å². The normalized spacial score (nSPS) is 12.0. The summed E-state index contributed by atoms with van der Waals surface area (Å²) in [6, 6.07) is 10.7. The highest BCUT2D eigenvalue weighted by molar-refractivity contribution is 5.57. The first-order valence-electron chi connectivity index (χ1n) is 5.96. The van der Waals surface area contributed by atoms with Crippen molar-refractivity contribution in [1.29, 1.82) is 0 Å². The van der Waals surface area contributed by atoms with Crippen molar-refractivity contribution in [2.75, 3.05) is 12.4 Å². The Kier molecular flexibility index (Phi) is 4.00. The number of benzene rings is 2. The van der Waals surface area contributed by atoms with E-state index in [4.69, 9.17) is 4.74 Å². The van der Waals surface area contributed by atoms with Gasteiger partial charge in [-0.25, -0.2) is 8.78 Å². The average Bonchev–Trinajstić information content (AvgIpc) is 2.39. The molecule has 0 aliphatic carbocycles. The first kappa shape index (κ1) is 13.3. The van der Waals surface area contributed by atoms with Crippen molar-refractivity contribution in [3.8, 4) is 5.75 Å². The van der Waals surface area contributed by atoms with Crippen LogP contribution in [0.4, 0.5) is 14.5 Å². The van der Waals surface area contributed by atoms with E-state index in [0.717, 1.165) is 11.8 Å². The number of hydrogen-bond donors (Lipinski definition) is 1. The third-order valence-corrected chi connectivity index (χ3v) is 2.91. The fourth-order valence-corrected chi connectivity index (χ4v) is 1.93. The monoisotopic (exact) mass is 263 g/mol. The van der Waals surface area contributed by atoms with Gasteiger partial charge < -0.3 is 10.1 Å². The lowest BCUT2D eigenvalue weighted by Gasteiger charge is -2.18. The molecule has 19 heavy (non-hydrogen) atoms. The molecule has 0 heterocycles. The topological polar surface area (TPSA) is 21.3 Å². The molecule has 1 atom stereocenters. The second kappa shape index (κ2) is 5.69. The summed E-state index contributed by atoms with van der Waals surface area (Å²) >= 11 is 0. The Labute approximate surface area is 111 Å². The number of anilines is 1. The van der Waals surface area contributed by atoms with Crippen LogP contribution in [-0.4, -0.2) is 7.11 Å². The molecule has 0 saturated carbocycles. The Hall–Kier alpha value is -2.10. The molecule has 2 aromatic carbocycles. The fraction of sp³-hybridized carbons (Fsp3) is 0.200. The van der Waals surface area contributed by atoms with E-state index in [1.165, 1.54) is 12.1 Å². The Bertz CT molecular complexity index is 572. The van der Waals surface area contributed by atoms with Crippen LogP contribution in [0.5, 0.6) is 5.75 Å². The van der Waals surface area contributed by atoms with Gasteiger partial charge in [0.2, 0.25) is 0 Å². The minimum absolute atomic E-state index is 0.295. The van der Waals surface area contributed by atoms with Crippen LogP contribution in [0, 0.1) is 11.6 Å². The summed E-state index contributed by atoms with van der Waals surface area (Å²) in [7, 11) is 1.57. The zero-order chi connectivity index (χ0) is 13.8. The van der Waals surface area contributed by atoms with Crippen molar-refractivity contribution in [1.82, 2.24) is 0 Å². The molecule has 0 fully saturated rings. The minimum atomic E-state index is -0.578. The van der Waals surface area contributed by atoms with Gasteiger partial charge in [-0.2, -0.15) is 0 Å². The largest absolute Gasteiger partial charge is 0.495 e. The molecule has 0 bridgehead atoms. The molecule has 0 spiro atoms. The number of rotatable bonds is 4. The lowest BCUT2D eigenvalue weighted by Crippen LogP contribution is -2.09. The lowest BCUT2D eigenvalue weighted by molar-refractivity contribution is 0.416. The SMILES string of the molecule is COc1ccccc1N[C@@H](C)c1ccc(F)cc1F. The van der Waals surface area contributed by atoms with E-state index in [0.29, 0.717) is 11.3 Å². The zero-order valence-corrected chi connectivity index (χ0v) is 10.8. The molecule has 2 nitrogen and oxygen atoms in total. The van der Waals surface area contributed by atoms with Crippen LogP contribution in [-0.2, 0) is 0 Å². The van der Waals surface area contributed by atoms with Crippen molar-refractivity contribution < 1.29 is 13.5 Å². The number of hydrogen-bond acceptors (Lipinski definition) is 2. The number of nitrogens with one attached hydrogen (secondary N) is 1. The molecule has 0 aromatic heterocycles. The van der Waals surface area contributed by atoms with Crippen molar-refractivity contribution in [2.24, 2.45) is 0 Å². The van der Waals surface area contributed by atoms with E-state index in [-0.39, 0.29) is 6.04 Å². The first-order chi connectivity index (χ1) is 9.11. The quantitative estimate of drug-likeness (QED) is 0.894. The number of halogens is 2. The molecule has 0 aliphatic rings. The molecule has 1 N–H and O–H groups in total. The summed E-state index contributed by atoms with van der Waals surface area (Å²) < 4.78 is 31.8. The third-order valence-electron chi connectivity index (χ3n) is 2.91. The van der Waals surface area contributed by atoms with E-state index < -0.39 is 11.6 Å². The van der Waals surface area contributed by atoms with Gasteiger partial charge in [0.1, 0.15) is 17.4 Å². The summed E-state index contributed by atoms with van der Waals surface area (Å²) in [5.41, 5.74) is 1.17. The third kappa shape index (κ3) is 3.02. The van der Waals surface area contributed by atoms with Crippen molar-refractivity contribution in [2.45, 2.75) is 13.0 Å². The second-order valence-electron chi connectivity index (χ2n) is 4.23. The number of ether oxygens (including phenoxy) is 1. The van der Waals surface area contributed by atoms with Crippen molar-refractivity contribution in [3.05, 3.63) is 59.7 Å². The molecule has 2 rings (SSSR count). The average molecular weight is 263 g/mol. The fourth-order valence-electron chi connectivity index (χ4n) is 1.93. The molecule has 0 saturated heterocycles. The van der Waals surface area contributed by atoms with Crippen molar-refractivity contribution in [3.63, 3.8) is 0 Å². The van der Waals surface area contributed by atoms with E-state index >= 15 is 0 Å². The first-order valence-corrected chi connectivity index (χ1v) is 5.96. The maximum Gasteiger partial charge on any atom is 0.141 e. The molecule has 0 unspecified atom stereocenters. The summed E-state index contributed by atoms with van der Waals surface area (Å²) in [5.74, 6) is -0.461. The second-order valence-corrected chi connectivity index (χ2v) is 4.23. The van der Waals surface area contributed by atoms with Crippen LogP contribution >= 0.6 is 0 Å². The predicted octanol–water partition coefficient (Wildman–Crippen LogP) is 4.15. The number of methoxy groups -OCH3 is 1. The molecule has 2 aromatic rings. The van der Waals surface area contributed by atoms with Gasteiger partial charge in [-0.3, -0.25) is 0 Å². The predicted molar refractivity (Wildman–Crippen MR) is 71.4 cm³/mol. The Morgan fingerprint density at radius 1 is 1.11 bits per heavy atom. The molecule has 0 amide bonds. The van der Waals surface area contributed by atoms with Gasteiger partial charge in [-0.1, -0.05) is 18.2 Å². The van der Waals surface area contributed by atoms with Crippen LogP contribution in [0.25, 0.3) is 0 Å². The van der Waals surface area contributed by atoms with Crippen molar-refractivity contribution >= 4 is 5.69 Å². The molecule has 4 heteroatoms. The number of para-hydroxylation sites is 2. The molecule has 100 valence electrons. The Morgan fingerprint density at radius 3 is 2.53 bits per heavy atom. The van der Waals surface area contributed by atoms with Crippen LogP contribution < -0.4 is 10.1 Å². The van der Waals surface area contributed by atoms with Crippen LogP contribution in [0.15, 0.2) is 42.5 Å². The van der Waals surface area contributed by atoms with Gasteiger partial charge in [-0.05, 0) is 25.1 Å².